The Morgan fingerprint density at radius 1 is 1.26 bits per heavy atom. The number of carbonyl (C=O) groups excluding carboxylic acids is 1. The molecule has 8 nitrogen and oxygen atoms in total. The van der Waals surface area contributed by atoms with E-state index in [1.807, 2.05) is 4.98 Å². The number of aliphatic carboxylic acids is 1. The van der Waals surface area contributed by atoms with Crippen molar-refractivity contribution in [3.8, 4) is 0 Å². The number of ether oxygens (including phenoxy) is 1. The Morgan fingerprint density at radius 3 is 2.63 bits per heavy atom. The quantitative estimate of drug-likeness (QED) is 0.351. The average molecular weight is 268 g/mol. The number of esters is 1. The van der Waals surface area contributed by atoms with Gasteiger partial charge in [-0.1, -0.05) is 0 Å². The highest BCUT2D eigenvalue weighted by molar-refractivity contribution is 5.90. The van der Waals surface area contributed by atoms with Crippen molar-refractivity contribution in [2.75, 3.05) is 6.61 Å². The van der Waals surface area contributed by atoms with Crippen molar-refractivity contribution < 1.29 is 19.4 Å². The van der Waals surface area contributed by atoms with Gasteiger partial charge in [-0.15, -0.1) is 0 Å². The molecule has 3 N–H and O–H groups in total. The molecule has 0 bridgehead atoms. The Hall–Kier alpha value is -2.64. The molecule has 0 saturated carbocycles. The van der Waals surface area contributed by atoms with E-state index in [2.05, 4.69) is 4.98 Å². The molecular weight excluding hydrogens is 256 g/mol. The number of H-pyrrole nitrogens is 2. The number of aromatic nitrogens is 2. The summed E-state index contributed by atoms with van der Waals surface area (Å²) in [4.78, 5) is 47.5. The van der Waals surface area contributed by atoms with Crippen LogP contribution in [0.1, 0.15) is 12.1 Å². The summed E-state index contributed by atoms with van der Waals surface area (Å²) in [5.41, 5.74) is -0.658. The van der Waals surface area contributed by atoms with Crippen molar-refractivity contribution in [1.82, 2.24) is 9.97 Å². The van der Waals surface area contributed by atoms with Crippen molar-refractivity contribution in [2.24, 2.45) is 0 Å². The lowest BCUT2D eigenvalue weighted by Crippen LogP contribution is -2.23. The van der Waals surface area contributed by atoms with Crippen LogP contribution >= 0.6 is 0 Å². The minimum Gasteiger partial charge on any atom is -0.478 e. The Kier molecular flexibility index (Phi) is 5.27. The van der Waals surface area contributed by atoms with E-state index in [0.717, 1.165) is 6.08 Å². The molecule has 0 unspecified atom stereocenters. The summed E-state index contributed by atoms with van der Waals surface area (Å²) in [6.45, 7) is 0.0532. The lowest BCUT2D eigenvalue weighted by Gasteiger charge is -2.01. The van der Waals surface area contributed by atoms with Gasteiger partial charge in [-0.3, -0.25) is 9.78 Å². The Labute approximate surface area is 106 Å². The van der Waals surface area contributed by atoms with Crippen molar-refractivity contribution >= 4 is 11.9 Å². The van der Waals surface area contributed by atoms with Gasteiger partial charge < -0.3 is 14.8 Å². The van der Waals surface area contributed by atoms with E-state index in [-0.39, 0.29) is 6.61 Å². The van der Waals surface area contributed by atoms with Gasteiger partial charge in [0.15, 0.2) is 0 Å². The van der Waals surface area contributed by atoms with Crippen molar-refractivity contribution in [3.63, 3.8) is 0 Å². The molecule has 19 heavy (non-hydrogen) atoms. The van der Waals surface area contributed by atoms with E-state index in [4.69, 9.17) is 9.84 Å². The summed E-state index contributed by atoms with van der Waals surface area (Å²) in [6.07, 6.45) is 2.23. The summed E-state index contributed by atoms with van der Waals surface area (Å²) in [6, 6.07) is 1.24. The van der Waals surface area contributed by atoms with E-state index in [1.165, 1.54) is 6.07 Å². The van der Waals surface area contributed by atoms with Gasteiger partial charge in [-0.05, 0) is 12.8 Å². The maximum absolute atomic E-state index is 11.0. The maximum Gasteiger partial charge on any atom is 0.331 e. The first-order chi connectivity index (χ1) is 8.97. The van der Waals surface area contributed by atoms with Crippen LogP contribution in [0.15, 0.2) is 27.8 Å². The molecule has 0 fully saturated rings. The first kappa shape index (κ1) is 14.4. The SMILES string of the molecule is O=C(O)/C=C/C(=O)OCCCc1cc(=O)[nH]c(=O)[nH]1. The number of carboxylic acid groups (broad SMARTS) is 1. The molecule has 1 aromatic rings. The number of carbonyl (C=O) groups is 2. The second kappa shape index (κ2) is 6.94. The molecule has 0 amide bonds. The molecule has 0 aliphatic carbocycles. The number of aryl methyl sites for hydroxylation is 1. The van der Waals surface area contributed by atoms with Gasteiger partial charge in [0.1, 0.15) is 0 Å². The molecule has 0 saturated heterocycles. The smallest absolute Gasteiger partial charge is 0.331 e. The Morgan fingerprint density at radius 2 is 2.00 bits per heavy atom. The Balaban J connectivity index is 2.35. The van der Waals surface area contributed by atoms with Crippen molar-refractivity contribution in [2.45, 2.75) is 12.8 Å². The van der Waals surface area contributed by atoms with Crippen molar-refractivity contribution in [1.29, 1.82) is 0 Å². The summed E-state index contributed by atoms with van der Waals surface area (Å²) >= 11 is 0. The van der Waals surface area contributed by atoms with Gasteiger partial charge in [-0.2, -0.15) is 0 Å². The molecule has 0 aliphatic rings. The predicted molar refractivity (Wildman–Crippen MR) is 63.7 cm³/mol. The molecule has 8 heteroatoms. The minimum atomic E-state index is -1.24. The minimum absolute atomic E-state index is 0.0532. The summed E-state index contributed by atoms with van der Waals surface area (Å²) in [5, 5.41) is 8.27. The molecule has 102 valence electrons. The first-order valence-electron chi connectivity index (χ1n) is 5.37. The molecule has 0 atom stereocenters. The van der Waals surface area contributed by atoms with E-state index in [1.54, 1.807) is 0 Å². The zero-order valence-corrected chi connectivity index (χ0v) is 9.84. The molecule has 1 heterocycles. The van der Waals surface area contributed by atoms with Crippen LogP contribution in [0.3, 0.4) is 0 Å². The molecule has 1 rings (SSSR count). The highest BCUT2D eigenvalue weighted by Gasteiger charge is 2.00. The predicted octanol–water partition coefficient (Wildman–Crippen LogP) is -0.820. The zero-order valence-electron chi connectivity index (χ0n) is 9.84. The van der Waals surface area contributed by atoms with Gasteiger partial charge in [-0.25, -0.2) is 14.4 Å². The number of hydrogen-bond acceptors (Lipinski definition) is 5. The third-order valence-corrected chi connectivity index (χ3v) is 2.01. The highest BCUT2D eigenvalue weighted by atomic mass is 16.5. The van der Waals surface area contributed by atoms with E-state index in [0.29, 0.717) is 24.6 Å². The summed E-state index contributed by atoms with van der Waals surface area (Å²) < 4.78 is 4.71. The van der Waals surface area contributed by atoms with E-state index >= 15 is 0 Å². The summed E-state index contributed by atoms with van der Waals surface area (Å²) in [7, 11) is 0. The number of hydrogen-bond donors (Lipinski definition) is 3. The standard InChI is InChI=1S/C11H12N2O6/c14-8-6-7(12-11(18)13-8)2-1-5-19-10(17)4-3-9(15)16/h3-4,6H,1-2,5H2,(H,15,16)(H2,12,13,14,18)/b4-3+. The third-order valence-electron chi connectivity index (χ3n) is 2.01. The van der Waals surface area contributed by atoms with E-state index < -0.39 is 23.2 Å². The van der Waals surface area contributed by atoms with Crippen LogP contribution < -0.4 is 11.2 Å². The topological polar surface area (TPSA) is 129 Å². The number of carboxylic acids is 1. The van der Waals surface area contributed by atoms with Gasteiger partial charge in [0.25, 0.3) is 5.56 Å². The lowest BCUT2D eigenvalue weighted by atomic mass is 10.2. The monoisotopic (exact) mass is 268 g/mol. The van der Waals surface area contributed by atoms with Crippen LogP contribution in [0.25, 0.3) is 0 Å². The second-order valence-electron chi connectivity index (χ2n) is 3.56. The second-order valence-corrected chi connectivity index (χ2v) is 3.56. The number of aromatic amines is 2. The zero-order chi connectivity index (χ0) is 14.3. The van der Waals surface area contributed by atoms with Gasteiger partial charge >= 0.3 is 17.6 Å². The largest absolute Gasteiger partial charge is 0.478 e. The normalized spacial score (nSPS) is 10.5. The number of rotatable bonds is 6. The van der Waals surface area contributed by atoms with Crippen LogP contribution in [0, 0.1) is 0 Å². The molecule has 1 aromatic heterocycles. The van der Waals surface area contributed by atoms with Crippen LogP contribution in [-0.4, -0.2) is 33.6 Å². The average Bonchev–Trinajstić information content (AvgIpc) is 2.31. The third kappa shape index (κ3) is 6.01. The molecule has 0 aliphatic heterocycles. The fraction of sp³-hybridized carbons (Fsp3) is 0.273. The number of nitrogens with one attached hydrogen (secondary N) is 2. The maximum atomic E-state index is 11.0. The Bertz CT molecular complexity index is 569. The summed E-state index contributed by atoms with van der Waals surface area (Å²) in [5.74, 6) is -2.00. The van der Waals surface area contributed by atoms with Crippen LogP contribution in [0.4, 0.5) is 0 Å². The van der Waals surface area contributed by atoms with Crippen LogP contribution in [0.2, 0.25) is 0 Å². The van der Waals surface area contributed by atoms with Gasteiger partial charge in [0.05, 0.1) is 6.61 Å². The first-order valence-corrected chi connectivity index (χ1v) is 5.37. The molecule has 0 aromatic carbocycles. The molecular formula is C11H12N2O6. The van der Waals surface area contributed by atoms with Crippen LogP contribution in [-0.2, 0) is 20.7 Å². The van der Waals surface area contributed by atoms with E-state index in [9.17, 15) is 19.2 Å². The van der Waals surface area contributed by atoms with Crippen LogP contribution in [0.5, 0.6) is 0 Å². The fourth-order valence-electron chi connectivity index (χ4n) is 1.28. The molecule has 0 spiro atoms. The fourth-order valence-corrected chi connectivity index (χ4v) is 1.28. The van der Waals surface area contributed by atoms with Gasteiger partial charge in [0.2, 0.25) is 0 Å². The highest BCUT2D eigenvalue weighted by Crippen LogP contribution is 1.95. The van der Waals surface area contributed by atoms with Gasteiger partial charge in [0, 0.05) is 23.9 Å². The van der Waals surface area contributed by atoms with Crippen molar-refractivity contribution in [3.05, 3.63) is 44.8 Å². The lowest BCUT2D eigenvalue weighted by molar-refractivity contribution is -0.138. The molecule has 0 radical (unpaired) electrons.